The Morgan fingerprint density at radius 2 is 1.44 bits per heavy atom. The highest BCUT2D eigenvalue weighted by Crippen LogP contribution is 2.60. The lowest BCUT2D eigenvalue weighted by Gasteiger charge is -2.36. The van der Waals surface area contributed by atoms with Crippen molar-refractivity contribution < 1.29 is 23.8 Å². The van der Waals surface area contributed by atoms with Crippen LogP contribution in [0.3, 0.4) is 0 Å². The molecule has 214 valence electrons. The van der Waals surface area contributed by atoms with E-state index in [0.717, 1.165) is 22.3 Å². The van der Waals surface area contributed by atoms with Crippen LogP contribution in [-0.2, 0) is 19.1 Å². The maximum Gasteiger partial charge on any atom is 0.330 e. The number of esters is 2. The molecule has 7 nitrogen and oxygen atoms in total. The molecule has 4 atom stereocenters. The average Bonchev–Trinajstić information content (AvgIpc) is 3.39. The van der Waals surface area contributed by atoms with Crippen molar-refractivity contribution in [3.63, 3.8) is 0 Å². The Balaban J connectivity index is 1.54. The third kappa shape index (κ3) is 4.61. The molecule has 0 saturated carbocycles. The van der Waals surface area contributed by atoms with Gasteiger partial charge in [0.1, 0.15) is 11.8 Å². The highest BCUT2D eigenvalue weighted by molar-refractivity contribution is 5.89. The Kier molecular flexibility index (Phi) is 7.43. The molecule has 0 bridgehead atoms. The zero-order chi connectivity index (χ0) is 30.0. The molecule has 7 heteroatoms. The molecule has 2 aliphatic rings. The first-order valence-corrected chi connectivity index (χ1v) is 14.0. The molecule has 4 aromatic rings. The number of rotatable bonds is 7. The van der Waals surface area contributed by atoms with Crippen LogP contribution in [0.2, 0.25) is 0 Å². The molecule has 0 N–H and O–H groups in total. The monoisotopic (exact) mass is 570 g/mol. The van der Waals surface area contributed by atoms with Gasteiger partial charge in [-0.05, 0) is 46.0 Å². The Bertz CT molecular complexity index is 1660. The molecule has 0 aromatic heterocycles. The largest absolute Gasteiger partial charge is 0.497 e. The van der Waals surface area contributed by atoms with Gasteiger partial charge in [0.25, 0.3) is 0 Å². The van der Waals surface area contributed by atoms with E-state index < -0.39 is 41.5 Å². The number of nitrogens with zero attached hydrogens (tertiary/aromatic N) is 2. The third-order valence-corrected chi connectivity index (χ3v) is 8.44. The van der Waals surface area contributed by atoms with E-state index in [9.17, 15) is 14.9 Å². The second-order valence-electron chi connectivity index (χ2n) is 10.6. The molecular weight excluding hydrogens is 540 g/mol. The van der Waals surface area contributed by atoms with Gasteiger partial charge in [-0.25, -0.2) is 4.79 Å². The lowest BCUT2D eigenvalue weighted by Crippen LogP contribution is -2.41. The number of nitriles is 1. The summed E-state index contributed by atoms with van der Waals surface area (Å²) in [6.45, 7) is 0. The summed E-state index contributed by atoms with van der Waals surface area (Å²) >= 11 is 0. The quantitative estimate of drug-likeness (QED) is 0.244. The summed E-state index contributed by atoms with van der Waals surface area (Å²) in [6.07, 6.45) is 2.98. The number of hydrogen-bond donors (Lipinski definition) is 0. The number of hydrogen-bond acceptors (Lipinski definition) is 7. The maximum atomic E-state index is 14.6. The van der Waals surface area contributed by atoms with E-state index >= 15 is 0 Å². The van der Waals surface area contributed by atoms with E-state index in [0.29, 0.717) is 11.3 Å². The summed E-state index contributed by atoms with van der Waals surface area (Å²) in [4.78, 5) is 30.3. The first kappa shape index (κ1) is 27.8. The number of methoxy groups -OCH3 is 2. The van der Waals surface area contributed by atoms with Gasteiger partial charge >= 0.3 is 11.9 Å². The Morgan fingerprint density at radius 3 is 2.02 bits per heavy atom. The molecule has 6 rings (SSSR count). The summed E-state index contributed by atoms with van der Waals surface area (Å²) in [5, 5.41) is 11.0. The Hall–Kier alpha value is -5.35. The van der Waals surface area contributed by atoms with E-state index in [1.807, 2.05) is 91.0 Å². The molecule has 2 heterocycles. The van der Waals surface area contributed by atoms with E-state index in [2.05, 4.69) is 6.07 Å². The molecular formula is C36H30N2O5. The first-order valence-electron chi connectivity index (χ1n) is 14.0. The summed E-state index contributed by atoms with van der Waals surface area (Å²) in [5.74, 6) is -1.60. The van der Waals surface area contributed by atoms with Crippen molar-refractivity contribution in [2.45, 2.75) is 24.1 Å². The topological polar surface area (TPSA) is 88.9 Å². The number of fused-ring (bicyclic) bond motifs is 3. The van der Waals surface area contributed by atoms with Crippen LogP contribution in [-0.4, -0.2) is 37.1 Å². The van der Waals surface area contributed by atoms with E-state index in [1.165, 1.54) is 7.11 Å². The van der Waals surface area contributed by atoms with E-state index in [4.69, 9.17) is 14.2 Å². The Labute approximate surface area is 250 Å². The summed E-state index contributed by atoms with van der Waals surface area (Å²) in [7, 11) is 2.84. The lowest BCUT2D eigenvalue weighted by molar-refractivity contribution is -0.153. The van der Waals surface area contributed by atoms with Gasteiger partial charge < -0.3 is 19.1 Å². The van der Waals surface area contributed by atoms with Crippen LogP contribution in [0.1, 0.15) is 45.9 Å². The van der Waals surface area contributed by atoms with Crippen LogP contribution in [0, 0.1) is 16.7 Å². The molecule has 43 heavy (non-hydrogen) atoms. The van der Waals surface area contributed by atoms with Gasteiger partial charge in [0.2, 0.25) is 0 Å². The number of carbonyl (C=O) groups excluding carboxylic acids is 2. The van der Waals surface area contributed by atoms with Gasteiger partial charge in [-0.3, -0.25) is 4.79 Å². The fourth-order valence-electron chi connectivity index (χ4n) is 6.52. The van der Waals surface area contributed by atoms with Crippen LogP contribution in [0.5, 0.6) is 5.75 Å². The highest BCUT2D eigenvalue weighted by atomic mass is 16.5. The lowest BCUT2D eigenvalue weighted by atomic mass is 9.67. The standard InChI is InChI=1S/C36H30N2O5/c1-41-28-19-17-25(18-20-28)30-31(34(39)43-32(26-12-5-3-6-13-26)27-14-7-4-8-15-27)38-22-21-24-11-9-10-16-29(24)33(38)36(30,23-37)35(40)42-2/h3-22,30-33H,1-2H3/t30-,31-,33+,36-/m1/s1. The Morgan fingerprint density at radius 1 is 0.837 bits per heavy atom. The van der Waals surface area contributed by atoms with Gasteiger partial charge in [-0.2, -0.15) is 5.26 Å². The predicted molar refractivity (Wildman–Crippen MR) is 160 cm³/mol. The zero-order valence-corrected chi connectivity index (χ0v) is 23.8. The van der Waals surface area contributed by atoms with Crippen molar-refractivity contribution in [1.29, 1.82) is 5.26 Å². The normalized spacial score (nSPS) is 21.8. The molecule has 0 unspecified atom stereocenters. The van der Waals surface area contributed by atoms with E-state index in [1.54, 1.807) is 42.5 Å². The van der Waals surface area contributed by atoms with Gasteiger partial charge in [0, 0.05) is 12.1 Å². The summed E-state index contributed by atoms with van der Waals surface area (Å²) in [6, 6.07) is 34.2. The van der Waals surface area contributed by atoms with Gasteiger partial charge in [-0.1, -0.05) is 97.1 Å². The average molecular weight is 571 g/mol. The molecule has 2 aliphatic heterocycles. The van der Waals surface area contributed by atoms with Crippen molar-refractivity contribution in [3.05, 3.63) is 143 Å². The van der Waals surface area contributed by atoms with Gasteiger partial charge in [0.05, 0.1) is 26.3 Å². The first-order chi connectivity index (χ1) is 21.0. The molecule has 1 saturated heterocycles. The van der Waals surface area contributed by atoms with Crippen LogP contribution < -0.4 is 4.74 Å². The molecule has 1 fully saturated rings. The van der Waals surface area contributed by atoms with Crippen molar-refractivity contribution in [2.75, 3.05) is 14.2 Å². The zero-order valence-electron chi connectivity index (χ0n) is 23.8. The third-order valence-electron chi connectivity index (χ3n) is 8.44. The van der Waals surface area contributed by atoms with Crippen LogP contribution in [0.15, 0.2) is 115 Å². The minimum absolute atomic E-state index is 0.561. The molecule has 4 aromatic carbocycles. The molecule has 0 radical (unpaired) electrons. The minimum atomic E-state index is -1.77. The van der Waals surface area contributed by atoms with Gasteiger partial charge in [-0.15, -0.1) is 0 Å². The number of ether oxygens (including phenoxy) is 3. The van der Waals surface area contributed by atoms with Crippen molar-refractivity contribution >= 4 is 18.0 Å². The van der Waals surface area contributed by atoms with Crippen molar-refractivity contribution in [2.24, 2.45) is 5.41 Å². The molecule has 0 amide bonds. The second-order valence-corrected chi connectivity index (χ2v) is 10.6. The van der Waals surface area contributed by atoms with Gasteiger partial charge in [0.15, 0.2) is 11.5 Å². The maximum absolute atomic E-state index is 14.6. The van der Waals surface area contributed by atoms with Crippen LogP contribution >= 0.6 is 0 Å². The number of benzene rings is 4. The number of carbonyl (C=O) groups is 2. The molecule has 0 spiro atoms. The second kappa shape index (κ2) is 11.5. The smallest absolute Gasteiger partial charge is 0.330 e. The predicted octanol–water partition coefficient (Wildman–Crippen LogP) is 6.20. The van der Waals surface area contributed by atoms with Crippen LogP contribution in [0.4, 0.5) is 0 Å². The fourth-order valence-corrected chi connectivity index (χ4v) is 6.52. The van der Waals surface area contributed by atoms with Crippen LogP contribution in [0.25, 0.3) is 6.08 Å². The van der Waals surface area contributed by atoms with Crippen molar-refractivity contribution in [3.8, 4) is 11.8 Å². The summed E-state index contributed by atoms with van der Waals surface area (Å²) < 4.78 is 17.1. The minimum Gasteiger partial charge on any atom is -0.497 e. The molecule has 0 aliphatic carbocycles. The highest BCUT2D eigenvalue weighted by Gasteiger charge is 2.68. The SMILES string of the molecule is COC(=O)[C@]1(C#N)[C@H](c2ccc(OC)cc2)[C@H](C(=O)OC(c2ccccc2)c2ccccc2)N2C=Cc3ccccc3[C@H]21. The summed E-state index contributed by atoms with van der Waals surface area (Å²) in [5.41, 5.74) is 2.07. The van der Waals surface area contributed by atoms with Crippen molar-refractivity contribution in [1.82, 2.24) is 4.90 Å². The fraction of sp³-hybridized carbons (Fsp3) is 0.194. The van der Waals surface area contributed by atoms with E-state index in [-0.39, 0.29) is 0 Å².